The summed E-state index contributed by atoms with van der Waals surface area (Å²) in [6.07, 6.45) is 1.16. The highest BCUT2D eigenvalue weighted by atomic mass is 35.5. The molecule has 170 valence electrons. The van der Waals surface area contributed by atoms with Gasteiger partial charge in [0.25, 0.3) is 0 Å². The van der Waals surface area contributed by atoms with Crippen molar-refractivity contribution in [3.05, 3.63) is 105 Å². The molecule has 0 bridgehead atoms. The first kappa shape index (κ1) is 24.8. The molecule has 2 atom stereocenters. The summed E-state index contributed by atoms with van der Waals surface area (Å²) in [5, 5.41) is 1.33. The molecular formula is C26H29Cl2NO2S. The summed E-state index contributed by atoms with van der Waals surface area (Å²) in [5.41, 5.74) is 5.52. The Morgan fingerprint density at radius 2 is 1.47 bits per heavy atom. The van der Waals surface area contributed by atoms with E-state index in [4.69, 9.17) is 23.2 Å². The van der Waals surface area contributed by atoms with Crippen LogP contribution in [0.4, 0.5) is 0 Å². The number of benzene rings is 3. The highest BCUT2D eigenvalue weighted by molar-refractivity contribution is 7.89. The first-order valence-electron chi connectivity index (χ1n) is 10.7. The number of hydrogen-bond donors (Lipinski definition) is 1. The van der Waals surface area contributed by atoms with Crippen molar-refractivity contribution in [1.29, 1.82) is 0 Å². The third-order valence-corrected chi connectivity index (χ3v) is 7.97. The number of sulfonamides is 1. The summed E-state index contributed by atoms with van der Waals surface area (Å²) in [7, 11) is -3.47. The first-order chi connectivity index (χ1) is 15.1. The lowest BCUT2D eigenvalue weighted by Crippen LogP contribution is -2.39. The SMILES string of the molecule is Cc1cccc(CCS(=O)(=O)NC(C)C(Cc2ccc(Cl)cc2)c2ccc(Cl)cc2)c1C. The van der Waals surface area contributed by atoms with E-state index in [1.165, 1.54) is 5.56 Å². The van der Waals surface area contributed by atoms with Crippen molar-refractivity contribution in [2.75, 3.05) is 5.75 Å². The van der Waals surface area contributed by atoms with E-state index in [-0.39, 0.29) is 17.7 Å². The zero-order valence-electron chi connectivity index (χ0n) is 18.6. The Kier molecular flexibility index (Phi) is 8.40. The van der Waals surface area contributed by atoms with Gasteiger partial charge in [-0.3, -0.25) is 0 Å². The second-order valence-electron chi connectivity index (χ2n) is 8.32. The summed E-state index contributed by atoms with van der Waals surface area (Å²) in [6.45, 7) is 6.00. The number of aryl methyl sites for hydroxylation is 2. The number of rotatable bonds is 9. The Hall–Kier alpha value is -1.85. The van der Waals surface area contributed by atoms with Gasteiger partial charge in [-0.25, -0.2) is 13.1 Å². The topological polar surface area (TPSA) is 46.2 Å². The molecule has 0 aliphatic heterocycles. The van der Waals surface area contributed by atoms with Crippen LogP contribution in [-0.2, 0) is 22.9 Å². The lowest BCUT2D eigenvalue weighted by molar-refractivity contribution is 0.503. The van der Waals surface area contributed by atoms with Crippen molar-refractivity contribution in [3.8, 4) is 0 Å². The summed E-state index contributed by atoms with van der Waals surface area (Å²) in [6, 6.07) is 21.0. The van der Waals surface area contributed by atoms with Crippen molar-refractivity contribution in [3.63, 3.8) is 0 Å². The minimum Gasteiger partial charge on any atom is -0.212 e. The van der Waals surface area contributed by atoms with Gasteiger partial charge in [-0.2, -0.15) is 0 Å². The molecule has 0 spiro atoms. The molecule has 3 nitrogen and oxygen atoms in total. The van der Waals surface area contributed by atoms with E-state index >= 15 is 0 Å². The van der Waals surface area contributed by atoms with Crippen LogP contribution in [0.1, 0.15) is 40.7 Å². The van der Waals surface area contributed by atoms with Gasteiger partial charge in [-0.05, 0) is 85.7 Å². The van der Waals surface area contributed by atoms with Crippen molar-refractivity contribution in [2.24, 2.45) is 0 Å². The lowest BCUT2D eigenvalue weighted by Gasteiger charge is -2.26. The molecular weight excluding hydrogens is 461 g/mol. The van der Waals surface area contributed by atoms with Crippen LogP contribution in [0.2, 0.25) is 10.0 Å². The number of hydrogen-bond acceptors (Lipinski definition) is 2. The molecule has 6 heteroatoms. The minimum atomic E-state index is -3.47. The van der Waals surface area contributed by atoms with Gasteiger partial charge >= 0.3 is 0 Å². The predicted molar refractivity (Wildman–Crippen MR) is 135 cm³/mol. The molecule has 0 fully saturated rings. The fourth-order valence-corrected chi connectivity index (χ4v) is 5.51. The number of nitrogens with one attached hydrogen (secondary N) is 1. The van der Waals surface area contributed by atoms with Crippen LogP contribution in [0, 0.1) is 13.8 Å². The molecule has 0 saturated carbocycles. The predicted octanol–water partition coefficient (Wildman–Crippen LogP) is 6.49. The van der Waals surface area contributed by atoms with Gasteiger partial charge in [0.2, 0.25) is 10.0 Å². The minimum absolute atomic E-state index is 0.0515. The molecule has 0 radical (unpaired) electrons. The fraction of sp³-hybridized carbons (Fsp3) is 0.308. The van der Waals surface area contributed by atoms with Crippen LogP contribution >= 0.6 is 23.2 Å². The largest absolute Gasteiger partial charge is 0.212 e. The molecule has 3 aromatic carbocycles. The zero-order chi connectivity index (χ0) is 23.3. The Bertz CT molecular complexity index is 1140. The fourth-order valence-electron chi connectivity index (χ4n) is 3.92. The van der Waals surface area contributed by atoms with Gasteiger partial charge in [0.15, 0.2) is 0 Å². The molecule has 32 heavy (non-hydrogen) atoms. The van der Waals surface area contributed by atoms with E-state index < -0.39 is 10.0 Å². The molecule has 0 aliphatic rings. The Labute approximate surface area is 201 Å². The van der Waals surface area contributed by atoms with Gasteiger partial charge in [0.05, 0.1) is 5.75 Å². The van der Waals surface area contributed by atoms with E-state index in [0.717, 1.165) is 22.3 Å². The van der Waals surface area contributed by atoms with Crippen molar-refractivity contribution >= 4 is 33.2 Å². The van der Waals surface area contributed by atoms with Crippen LogP contribution in [0.5, 0.6) is 0 Å². The van der Waals surface area contributed by atoms with Crippen LogP contribution in [0.25, 0.3) is 0 Å². The summed E-state index contributed by atoms with van der Waals surface area (Å²) >= 11 is 12.1. The van der Waals surface area contributed by atoms with E-state index in [1.54, 1.807) is 0 Å². The Morgan fingerprint density at radius 1 is 0.875 bits per heavy atom. The quantitative estimate of drug-likeness (QED) is 0.373. The highest BCUT2D eigenvalue weighted by Gasteiger charge is 2.24. The summed E-state index contributed by atoms with van der Waals surface area (Å²) in [4.78, 5) is 0. The molecule has 0 saturated heterocycles. The van der Waals surface area contributed by atoms with E-state index in [1.807, 2.05) is 87.5 Å². The van der Waals surface area contributed by atoms with Gasteiger partial charge in [-0.15, -0.1) is 0 Å². The molecule has 0 amide bonds. The third kappa shape index (κ3) is 6.82. The lowest BCUT2D eigenvalue weighted by atomic mass is 9.87. The molecule has 0 heterocycles. The van der Waals surface area contributed by atoms with Crippen molar-refractivity contribution in [1.82, 2.24) is 4.72 Å². The molecule has 2 unspecified atom stereocenters. The van der Waals surface area contributed by atoms with Crippen LogP contribution in [0.15, 0.2) is 66.7 Å². The molecule has 3 rings (SSSR count). The second kappa shape index (κ2) is 10.8. The van der Waals surface area contributed by atoms with Gasteiger partial charge in [-0.1, -0.05) is 65.7 Å². The van der Waals surface area contributed by atoms with Gasteiger partial charge < -0.3 is 0 Å². The highest BCUT2D eigenvalue weighted by Crippen LogP contribution is 2.27. The van der Waals surface area contributed by atoms with Crippen LogP contribution in [-0.4, -0.2) is 20.2 Å². The van der Waals surface area contributed by atoms with Crippen molar-refractivity contribution < 1.29 is 8.42 Å². The second-order valence-corrected chi connectivity index (χ2v) is 11.1. The van der Waals surface area contributed by atoms with E-state index in [2.05, 4.69) is 4.72 Å². The van der Waals surface area contributed by atoms with Gasteiger partial charge in [0, 0.05) is 22.0 Å². The maximum Gasteiger partial charge on any atom is 0.212 e. The Morgan fingerprint density at radius 3 is 2.09 bits per heavy atom. The average molecular weight is 490 g/mol. The third-order valence-electron chi connectivity index (χ3n) is 5.99. The zero-order valence-corrected chi connectivity index (χ0v) is 20.9. The van der Waals surface area contributed by atoms with Gasteiger partial charge in [0.1, 0.15) is 0 Å². The van der Waals surface area contributed by atoms with E-state index in [9.17, 15) is 8.42 Å². The van der Waals surface area contributed by atoms with Crippen molar-refractivity contribution in [2.45, 2.75) is 45.6 Å². The first-order valence-corrected chi connectivity index (χ1v) is 13.1. The monoisotopic (exact) mass is 489 g/mol. The Balaban J connectivity index is 1.77. The van der Waals surface area contributed by atoms with E-state index in [0.29, 0.717) is 22.9 Å². The van der Waals surface area contributed by atoms with Crippen LogP contribution < -0.4 is 4.72 Å². The number of halogens is 2. The standard InChI is InChI=1S/C26H29Cl2NO2S/c1-18-5-4-6-22(19(18)2)15-16-32(30,31)29-20(3)26(23-9-13-25(28)14-10-23)17-21-7-11-24(27)12-8-21/h4-14,20,26,29H,15-17H2,1-3H3. The smallest absolute Gasteiger partial charge is 0.212 e. The molecule has 0 aromatic heterocycles. The maximum absolute atomic E-state index is 12.9. The molecule has 3 aromatic rings. The maximum atomic E-state index is 12.9. The molecule has 1 N–H and O–H groups in total. The average Bonchev–Trinajstić information content (AvgIpc) is 2.75. The van der Waals surface area contributed by atoms with Crippen LogP contribution in [0.3, 0.4) is 0 Å². The normalized spacial score (nSPS) is 13.7. The molecule has 0 aliphatic carbocycles. The summed E-state index contributed by atoms with van der Waals surface area (Å²) < 4.78 is 28.8. The summed E-state index contributed by atoms with van der Waals surface area (Å²) in [5.74, 6) is -0.000419.